The molecule has 0 amide bonds. The van der Waals surface area contributed by atoms with Crippen LogP contribution in [0.5, 0.6) is 0 Å². The van der Waals surface area contributed by atoms with Gasteiger partial charge in [-0.25, -0.2) is 9.78 Å². The zero-order valence-electron chi connectivity index (χ0n) is 8.57. The number of anilines is 1. The predicted octanol–water partition coefficient (Wildman–Crippen LogP) is 1.69. The van der Waals surface area contributed by atoms with Gasteiger partial charge in [0, 0.05) is 12.2 Å². The van der Waals surface area contributed by atoms with Crippen molar-refractivity contribution >= 4 is 11.7 Å². The zero-order valence-corrected chi connectivity index (χ0v) is 8.57. The molecule has 0 saturated heterocycles. The van der Waals surface area contributed by atoms with E-state index in [9.17, 15) is 4.79 Å². The average molecular weight is 194 g/mol. The van der Waals surface area contributed by atoms with E-state index in [0.717, 1.165) is 0 Å². The van der Waals surface area contributed by atoms with Crippen LogP contribution in [0, 0.1) is 0 Å². The Balaban J connectivity index is 2.97. The fourth-order valence-electron chi connectivity index (χ4n) is 1.09. The fraction of sp³-hybridized carbons (Fsp3) is 0.400. The molecule has 76 valence electrons. The van der Waals surface area contributed by atoms with Crippen molar-refractivity contribution in [2.45, 2.75) is 19.9 Å². The van der Waals surface area contributed by atoms with Gasteiger partial charge in [0.1, 0.15) is 0 Å². The van der Waals surface area contributed by atoms with Crippen LogP contribution in [-0.2, 0) is 4.74 Å². The van der Waals surface area contributed by atoms with Crippen molar-refractivity contribution in [2.24, 2.45) is 0 Å². The zero-order chi connectivity index (χ0) is 10.6. The number of esters is 1. The summed E-state index contributed by atoms with van der Waals surface area (Å²) < 4.78 is 4.62. The lowest BCUT2D eigenvalue weighted by Crippen LogP contribution is -2.15. The Morgan fingerprint density at radius 2 is 2.29 bits per heavy atom. The highest BCUT2D eigenvalue weighted by Gasteiger charge is 2.12. The highest BCUT2D eigenvalue weighted by atomic mass is 16.5. The molecule has 0 aliphatic carbocycles. The van der Waals surface area contributed by atoms with E-state index >= 15 is 0 Å². The molecule has 4 nitrogen and oxygen atoms in total. The summed E-state index contributed by atoms with van der Waals surface area (Å²) in [6.45, 7) is 3.99. The van der Waals surface area contributed by atoms with Gasteiger partial charge in [0.25, 0.3) is 0 Å². The van der Waals surface area contributed by atoms with Gasteiger partial charge in [-0.05, 0) is 26.0 Å². The smallest absolute Gasteiger partial charge is 0.358 e. The van der Waals surface area contributed by atoms with Gasteiger partial charge in [-0.15, -0.1) is 0 Å². The number of rotatable bonds is 3. The monoisotopic (exact) mass is 194 g/mol. The third kappa shape index (κ3) is 2.45. The van der Waals surface area contributed by atoms with Crippen LogP contribution in [0.3, 0.4) is 0 Å². The molecule has 14 heavy (non-hydrogen) atoms. The number of aromatic nitrogens is 1. The molecule has 0 radical (unpaired) electrons. The van der Waals surface area contributed by atoms with Gasteiger partial charge in [0.05, 0.1) is 12.8 Å². The highest BCUT2D eigenvalue weighted by molar-refractivity contribution is 5.93. The van der Waals surface area contributed by atoms with Crippen molar-refractivity contribution in [3.05, 3.63) is 24.0 Å². The number of nitrogens with zero attached hydrogens (tertiary/aromatic N) is 1. The van der Waals surface area contributed by atoms with Gasteiger partial charge in [-0.3, -0.25) is 0 Å². The van der Waals surface area contributed by atoms with Crippen LogP contribution in [-0.4, -0.2) is 24.1 Å². The number of hydrogen-bond acceptors (Lipinski definition) is 4. The maximum atomic E-state index is 11.3. The number of carbonyl (C=O) groups excluding carboxylic acids is 1. The molecule has 0 aromatic carbocycles. The Morgan fingerprint density at radius 1 is 1.57 bits per heavy atom. The summed E-state index contributed by atoms with van der Waals surface area (Å²) in [7, 11) is 1.34. The second-order valence-electron chi connectivity index (χ2n) is 3.19. The Labute approximate surface area is 83.3 Å². The van der Waals surface area contributed by atoms with Gasteiger partial charge < -0.3 is 10.1 Å². The number of carbonyl (C=O) groups is 1. The fourth-order valence-corrected chi connectivity index (χ4v) is 1.09. The van der Waals surface area contributed by atoms with E-state index in [-0.39, 0.29) is 6.04 Å². The molecular formula is C10H14N2O2. The molecule has 4 heteroatoms. The van der Waals surface area contributed by atoms with E-state index in [1.54, 1.807) is 18.3 Å². The molecule has 0 spiro atoms. The molecule has 0 atom stereocenters. The van der Waals surface area contributed by atoms with Crippen LogP contribution in [0.4, 0.5) is 5.69 Å². The van der Waals surface area contributed by atoms with Gasteiger partial charge in [-0.2, -0.15) is 0 Å². The predicted molar refractivity (Wildman–Crippen MR) is 54.3 cm³/mol. The van der Waals surface area contributed by atoms with Gasteiger partial charge >= 0.3 is 5.97 Å². The van der Waals surface area contributed by atoms with E-state index in [1.165, 1.54) is 7.11 Å². The van der Waals surface area contributed by atoms with Crippen LogP contribution < -0.4 is 5.32 Å². The summed E-state index contributed by atoms with van der Waals surface area (Å²) in [6, 6.07) is 3.83. The molecule has 1 rings (SSSR count). The summed E-state index contributed by atoms with van der Waals surface area (Å²) >= 11 is 0. The third-order valence-electron chi connectivity index (χ3n) is 1.63. The van der Waals surface area contributed by atoms with Gasteiger partial charge in [-0.1, -0.05) is 0 Å². The highest BCUT2D eigenvalue weighted by Crippen LogP contribution is 2.13. The Hall–Kier alpha value is -1.58. The second kappa shape index (κ2) is 4.60. The quantitative estimate of drug-likeness (QED) is 0.744. The lowest BCUT2D eigenvalue weighted by molar-refractivity contribution is 0.0595. The molecule has 0 unspecified atom stereocenters. The Bertz CT molecular complexity index is 324. The summed E-state index contributed by atoms with van der Waals surface area (Å²) in [5, 5.41) is 3.13. The number of hydrogen-bond donors (Lipinski definition) is 1. The molecule has 0 aliphatic rings. The normalized spacial score (nSPS) is 10.0. The lowest BCUT2D eigenvalue weighted by atomic mass is 10.2. The molecule has 1 aromatic heterocycles. The molecule has 0 saturated carbocycles. The first-order chi connectivity index (χ1) is 6.65. The molecule has 0 aliphatic heterocycles. The number of ether oxygens (including phenoxy) is 1. The van der Waals surface area contributed by atoms with Crippen molar-refractivity contribution in [3.8, 4) is 0 Å². The summed E-state index contributed by atoms with van der Waals surface area (Å²) in [4.78, 5) is 15.3. The Morgan fingerprint density at radius 3 is 2.86 bits per heavy atom. The van der Waals surface area contributed by atoms with Crippen LogP contribution in [0.15, 0.2) is 18.3 Å². The SMILES string of the molecule is COC(=O)c1ncccc1NC(C)C. The van der Waals surface area contributed by atoms with Crippen molar-refractivity contribution in [3.63, 3.8) is 0 Å². The number of pyridine rings is 1. The standard InChI is InChI=1S/C10H14N2O2/c1-7(2)12-8-5-4-6-11-9(8)10(13)14-3/h4-7,12H,1-3H3. The Kier molecular flexibility index (Phi) is 3.45. The minimum absolute atomic E-state index is 0.252. The molecular weight excluding hydrogens is 180 g/mol. The first-order valence-corrected chi connectivity index (χ1v) is 4.45. The maximum absolute atomic E-state index is 11.3. The summed E-state index contributed by atoms with van der Waals surface area (Å²) in [6.07, 6.45) is 1.57. The topological polar surface area (TPSA) is 51.2 Å². The van der Waals surface area contributed by atoms with E-state index in [1.807, 2.05) is 13.8 Å². The van der Waals surface area contributed by atoms with Crippen molar-refractivity contribution in [1.29, 1.82) is 0 Å². The van der Waals surface area contributed by atoms with Crippen LogP contribution >= 0.6 is 0 Å². The molecule has 1 N–H and O–H groups in total. The number of methoxy groups -OCH3 is 1. The van der Waals surface area contributed by atoms with E-state index in [4.69, 9.17) is 0 Å². The van der Waals surface area contributed by atoms with Crippen molar-refractivity contribution < 1.29 is 9.53 Å². The minimum atomic E-state index is -0.422. The summed E-state index contributed by atoms with van der Waals surface area (Å²) in [5.41, 5.74) is 1.03. The lowest BCUT2D eigenvalue weighted by Gasteiger charge is -2.12. The van der Waals surface area contributed by atoms with Gasteiger partial charge in [0.15, 0.2) is 5.69 Å². The van der Waals surface area contributed by atoms with E-state index in [0.29, 0.717) is 11.4 Å². The van der Waals surface area contributed by atoms with Crippen LogP contribution in [0.25, 0.3) is 0 Å². The molecule has 0 fully saturated rings. The number of nitrogens with one attached hydrogen (secondary N) is 1. The first-order valence-electron chi connectivity index (χ1n) is 4.45. The van der Waals surface area contributed by atoms with Crippen LogP contribution in [0.1, 0.15) is 24.3 Å². The molecule has 0 bridgehead atoms. The van der Waals surface area contributed by atoms with E-state index in [2.05, 4.69) is 15.0 Å². The van der Waals surface area contributed by atoms with Crippen LogP contribution in [0.2, 0.25) is 0 Å². The van der Waals surface area contributed by atoms with Gasteiger partial charge in [0.2, 0.25) is 0 Å². The maximum Gasteiger partial charge on any atom is 0.358 e. The largest absolute Gasteiger partial charge is 0.464 e. The third-order valence-corrected chi connectivity index (χ3v) is 1.63. The van der Waals surface area contributed by atoms with Crippen molar-refractivity contribution in [1.82, 2.24) is 4.98 Å². The van der Waals surface area contributed by atoms with Crippen molar-refractivity contribution in [2.75, 3.05) is 12.4 Å². The summed E-state index contributed by atoms with van der Waals surface area (Å²) in [5.74, 6) is -0.422. The first kappa shape index (κ1) is 10.5. The van der Waals surface area contributed by atoms with E-state index < -0.39 is 5.97 Å². The molecule has 1 heterocycles. The minimum Gasteiger partial charge on any atom is -0.464 e. The molecule has 1 aromatic rings. The second-order valence-corrected chi connectivity index (χ2v) is 3.19. The average Bonchev–Trinajstić information content (AvgIpc) is 2.16.